The lowest BCUT2D eigenvalue weighted by Crippen LogP contribution is -2.65. The van der Waals surface area contributed by atoms with Gasteiger partial charge in [-0.1, -0.05) is 34.1 Å². The molecule has 5 N–H and O–H groups in total. The van der Waals surface area contributed by atoms with E-state index in [0.717, 1.165) is 25.7 Å². The molecular weight excluding hydrogens is 408 g/mol. The molecule has 0 aliphatic heterocycles. The van der Waals surface area contributed by atoms with Crippen molar-refractivity contribution >= 4 is 5.97 Å². The predicted octanol–water partition coefficient (Wildman–Crippen LogP) is 3.06. The van der Waals surface area contributed by atoms with Crippen LogP contribution >= 0.6 is 0 Å². The van der Waals surface area contributed by atoms with Crippen LogP contribution in [0.25, 0.3) is 0 Å². The maximum Gasteiger partial charge on any atom is 0.303 e. The Morgan fingerprint density at radius 2 is 1.72 bits per heavy atom. The summed E-state index contributed by atoms with van der Waals surface area (Å²) in [5, 5.41) is 54.1. The van der Waals surface area contributed by atoms with Crippen LogP contribution in [-0.4, -0.2) is 55.9 Å². The Balaban J connectivity index is 1.70. The van der Waals surface area contributed by atoms with Crippen LogP contribution in [0.4, 0.5) is 0 Å². The lowest BCUT2D eigenvalue weighted by atomic mass is 9.41. The van der Waals surface area contributed by atoms with E-state index in [-0.39, 0.29) is 59.4 Å². The molecule has 0 radical (unpaired) electrons. The number of hydrogen-bond acceptors (Lipinski definition) is 5. The molecule has 0 spiro atoms. The molecule has 4 aliphatic carbocycles. The molecule has 3 unspecified atom stereocenters. The summed E-state index contributed by atoms with van der Waals surface area (Å²) in [5.74, 6) is -0.439. The second-order valence-corrected chi connectivity index (χ2v) is 12.2. The number of aliphatic carboxylic acids is 1. The molecule has 32 heavy (non-hydrogen) atoms. The highest BCUT2D eigenvalue weighted by molar-refractivity contribution is 5.66. The molecular formula is C26H44O6. The minimum Gasteiger partial charge on any atom is -0.481 e. The lowest BCUT2D eigenvalue weighted by Gasteiger charge is -2.65. The summed E-state index contributed by atoms with van der Waals surface area (Å²) in [6.07, 6.45) is 3.03. The van der Waals surface area contributed by atoms with Crippen LogP contribution in [0, 0.1) is 52.3 Å². The molecule has 4 aliphatic rings. The number of carbonyl (C=O) groups is 1. The maximum atomic E-state index is 11.7. The van der Waals surface area contributed by atoms with Crippen molar-refractivity contribution in [3.8, 4) is 0 Å². The van der Waals surface area contributed by atoms with E-state index in [1.54, 1.807) is 0 Å². The number of aliphatic hydroxyl groups is 4. The minimum atomic E-state index is -0.831. The fourth-order valence-corrected chi connectivity index (χ4v) is 9.52. The number of rotatable bonds is 5. The molecule has 0 aromatic carbocycles. The predicted molar refractivity (Wildman–Crippen MR) is 121 cm³/mol. The van der Waals surface area contributed by atoms with E-state index in [2.05, 4.69) is 20.8 Å². The third kappa shape index (κ3) is 3.47. The topological polar surface area (TPSA) is 118 Å². The van der Waals surface area contributed by atoms with Crippen LogP contribution in [0.5, 0.6) is 0 Å². The Morgan fingerprint density at radius 1 is 1.03 bits per heavy atom. The second kappa shape index (κ2) is 8.51. The third-order valence-corrected chi connectivity index (χ3v) is 11.0. The average molecular weight is 453 g/mol. The standard InChI is InChI=1S/C26H44O6/c1-5-15-16-10-14(27)8-9-25(16,3)17-12-20(29)26(4)18(22(17)24(15)32)11-19(28)23(26)13(2)6-7-21(30)31/h13-20,22-24,27-29,32H,5-12H2,1-4H3,(H,30,31)/t13-,14-,15-,16+,17?,18?,19-,20-,22?,23+,24-,25+,26-/m1/s1. The van der Waals surface area contributed by atoms with Crippen LogP contribution in [0.3, 0.4) is 0 Å². The second-order valence-electron chi connectivity index (χ2n) is 12.2. The summed E-state index contributed by atoms with van der Waals surface area (Å²) in [6.45, 7) is 8.55. The molecule has 0 aromatic heterocycles. The Hall–Kier alpha value is -0.690. The molecule has 6 nitrogen and oxygen atoms in total. The van der Waals surface area contributed by atoms with Gasteiger partial charge in [0.15, 0.2) is 0 Å². The number of carboxylic acid groups (broad SMARTS) is 1. The van der Waals surface area contributed by atoms with E-state index in [0.29, 0.717) is 19.3 Å². The van der Waals surface area contributed by atoms with E-state index in [1.165, 1.54) is 0 Å². The van der Waals surface area contributed by atoms with Crippen LogP contribution in [0.2, 0.25) is 0 Å². The van der Waals surface area contributed by atoms with Gasteiger partial charge in [0.2, 0.25) is 0 Å². The van der Waals surface area contributed by atoms with Crippen LogP contribution in [0.1, 0.15) is 79.1 Å². The first-order valence-corrected chi connectivity index (χ1v) is 12.9. The summed E-state index contributed by atoms with van der Waals surface area (Å²) >= 11 is 0. The molecule has 4 rings (SSSR count). The Kier molecular flexibility index (Phi) is 6.50. The van der Waals surface area contributed by atoms with Gasteiger partial charge in [-0.15, -0.1) is 0 Å². The van der Waals surface area contributed by atoms with Crippen LogP contribution in [-0.2, 0) is 4.79 Å². The van der Waals surface area contributed by atoms with Crippen LogP contribution in [0.15, 0.2) is 0 Å². The zero-order valence-corrected chi connectivity index (χ0v) is 20.2. The maximum absolute atomic E-state index is 11.7. The van der Waals surface area contributed by atoms with Gasteiger partial charge in [-0.3, -0.25) is 4.79 Å². The summed E-state index contributed by atoms with van der Waals surface area (Å²) < 4.78 is 0. The quantitative estimate of drug-likeness (QED) is 0.438. The molecule has 13 atom stereocenters. The highest BCUT2D eigenvalue weighted by Crippen LogP contribution is 2.69. The van der Waals surface area contributed by atoms with Gasteiger partial charge in [-0.2, -0.15) is 0 Å². The number of fused-ring (bicyclic) bond motifs is 5. The first-order valence-electron chi connectivity index (χ1n) is 12.9. The Morgan fingerprint density at radius 3 is 2.34 bits per heavy atom. The van der Waals surface area contributed by atoms with Crippen molar-refractivity contribution < 1.29 is 30.3 Å². The smallest absolute Gasteiger partial charge is 0.303 e. The van der Waals surface area contributed by atoms with E-state index < -0.39 is 29.7 Å². The van der Waals surface area contributed by atoms with Gasteiger partial charge < -0.3 is 25.5 Å². The first-order chi connectivity index (χ1) is 15.0. The summed E-state index contributed by atoms with van der Waals surface area (Å²) in [7, 11) is 0. The monoisotopic (exact) mass is 452 g/mol. The summed E-state index contributed by atoms with van der Waals surface area (Å²) in [6, 6.07) is 0. The number of hydrogen-bond donors (Lipinski definition) is 5. The molecule has 0 aromatic rings. The molecule has 4 fully saturated rings. The van der Waals surface area contributed by atoms with Gasteiger partial charge in [-0.25, -0.2) is 0 Å². The number of aliphatic hydroxyl groups excluding tert-OH is 4. The largest absolute Gasteiger partial charge is 0.481 e. The Labute approximate surface area is 192 Å². The molecule has 184 valence electrons. The SMILES string of the molecule is CC[C@H]1[C@@H](O)C2C3C[C@@H](O)[C@H]([C@H](C)CCC(=O)O)[C@@]3(C)[C@H](O)CC2[C@@]2(C)CC[C@@H](O)C[C@@H]12. The van der Waals surface area contributed by atoms with Crippen molar-refractivity contribution in [1.82, 2.24) is 0 Å². The van der Waals surface area contributed by atoms with Crippen molar-refractivity contribution in [2.24, 2.45) is 52.3 Å². The van der Waals surface area contributed by atoms with Crippen molar-refractivity contribution in [3.63, 3.8) is 0 Å². The van der Waals surface area contributed by atoms with Crippen molar-refractivity contribution in [1.29, 1.82) is 0 Å². The zero-order chi connectivity index (χ0) is 23.6. The average Bonchev–Trinajstić information content (AvgIpc) is 3.00. The molecule has 0 bridgehead atoms. The van der Waals surface area contributed by atoms with Gasteiger partial charge in [0.05, 0.1) is 24.4 Å². The third-order valence-electron chi connectivity index (χ3n) is 11.0. The van der Waals surface area contributed by atoms with E-state index in [9.17, 15) is 25.2 Å². The van der Waals surface area contributed by atoms with Crippen molar-refractivity contribution in [2.75, 3.05) is 0 Å². The molecule has 0 amide bonds. The molecule has 0 heterocycles. The van der Waals surface area contributed by atoms with Gasteiger partial charge in [0.1, 0.15) is 0 Å². The van der Waals surface area contributed by atoms with Gasteiger partial charge in [0, 0.05) is 11.8 Å². The fourth-order valence-electron chi connectivity index (χ4n) is 9.52. The van der Waals surface area contributed by atoms with Gasteiger partial charge in [0.25, 0.3) is 0 Å². The highest BCUT2D eigenvalue weighted by atomic mass is 16.4. The van der Waals surface area contributed by atoms with E-state index in [1.807, 2.05) is 6.92 Å². The van der Waals surface area contributed by atoms with Crippen molar-refractivity contribution in [2.45, 2.75) is 103 Å². The molecule has 0 saturated heterocycles. The molecule has 4 saturated carbocycles. The summed E-state index contributed by atoms with van der Waals surface area (Å²) in [5.41, 5.74) is -0.556. The van der Waals surface area contributed by atoms with E-state index in [4.69, 9.17) is 5.11 Å². The normalized spacial score (nSPS) is 53.8. The first kappa shape index (κ1) is 24.4. The molecule has 6 heteroatoms. The lowest BCUT2D eigenvalue weighted by molar-refractivity contribution is -0.228. The van der Waals surface area contributed by atoms with E-state index >= 15 is 0 Å². The fraction of sp³-hybridized carbons (Fsp3) is 0.962. The Bertz CT molecular complexity index is 712. The number of carboxylic acids is 1. The van der Waals surface area contributed by atoms with Gasteiger partial charge >= 0.3 is 5.97 Å². The van der Waals surface area contributed by atoms with Crippen molar-refractivity contribution in [3.05, 3.63) is 0 Å². The summed E-state index contributed by atoms with van der Waals surface area (Å²) in [4.78, 5) is 11.2. The zero-order valence-electron chi connectivity index (χ0n) is 20.2. The van der Waals surface area contributed by atoms with Crippen LogP contribution < -0.4 is 0 Å². The minimum absolute atomic E-state index is 0.0113. The highest BCUT2D eigenvalue weighted by Gasteiger charge is 2.68. The van der Waals surface area contributed by atoms with Gasteiger partial charge in [-0.05, 0) is 85.4 Å².